The van der Waals surface area contributed by atoms with Crippen LogP contribution in [0.25, 0.3) is 0 Å². The molecule has 6 heteroatoms. The van der Waals surface area contributed by atoms with E-state index in [-0.39, 0.29) is 29.8 Å². The monoisotopic (exact) mass is 440 g/mol. The zero-order valence-corrected chi connectivity index (χ0v) is 19.3. The number of likely N-dealkylation sites (tertiary alicyclic amines) is 1. The van der Waals surface area contributed by atoms with Gasteiger partial charge in [-0.3, -0.25) is 9.69 Å². The predicted molar refractivity (Wildman–Crippen MR) is 123 cm³/mol. The number of likely N-dealkylation sites (N-methyl/N-ethyl adjacent to an activating group) is 1. The molecule has 1 aromatic rings. The molecule has 2 aliphatic carbocycles. The van der Waals surface area contributed by atoms with Crippen molar-refractivity contribution in [3.8, 4) is 11.5 Å². The maximum Gasteiger partial charge on any atom is 0.222 e. The normalized spacial score (nSPS) is 34.5. The number of unbranched alkanes of at least 4 members (excludes halogenated alkanes) is 2. The molecule has 2 N–H and O–H groups in total. The number of phenols is 1. The molecule has 2 aliphatic heterocycles. The van der Waals surface area contributed by atoms with Gasteiger partial charge in [0.1, 0.15) is 6.10 Å². The second-order valence-electron chi connectivity index (χ2n) is 10.2. The van der Waals surface area contributed by atoms with Crippen LogP contribution < -0.4 is 4.74 Å². The second-order valence-corrected chi connectivity index (χ2v) is 10.2. The van der Waals surface area contributed by atoms with E-state index in [0.29, 0.717) is 25.0 Å². The number of aliphatic hydroxyl groups is 1. The number of hydrogen-bond donors (Lipinski definition) is 2. The number of benzene rings is 1. The van der Waals surface area contributed by atoms with Gasteiger partial charge in [0.25, 0.3) is 0 Å². The summed E-state index contributed by atoms with van der Waals surface area (Å²) in [5, 5.41) is 23.1. The Bertz CT molecular complexity index is 933. The molecular formula is C26H36N2O4. The van der Waals surface area contributed by atoms with Gasteiger partial charge < -0.3 is 19.8 Å². The van der Waals surface area contributed by atoms with Gasteiger partial charge in [-0.1, -0.05) is 31.9 Å². The molecule has 1 aromatic carbocycles. The Hall–Kier alpha value is -2.05. The number of aromatic hydroxyl groups is 1. The molecule has 2 bridgehead atoms. The highest BCUT2D eigenvalue weighted by molar-refractivity contribution is 5.76. The zero-order valence-electron chi connectivity index (χ0n) is 19.3. The van der Waals surface area contributed by atoms with Crippen LogP contribution in [-0.2, 0) is 16.6 Å². The zero-order chi connectivity index (χ0) is 22.7. The topological polar surface area (TPSA) is 73.2 Å². The maximum atomic E-state index is 13.0. The molecule has 1 amide bonds. The van der Waals surface area contributed by atoms with Crippen molar-refractivity contribution >= 4 is 5.91 Å². The van der Waals surface area contributed by atoms with E-state index >= 15 is 0 Å². The van der Waals surface area contributed by atoms with E-state index in [9.17, 15) is 15.0 Å². The molecule has 1 saturated heterocycles. The van der Waals surface area contributed by atoms with Crippen LogP contribution in [0.2, 0.25) is 0 Å². The second kappa shape index (κ2) is 7.77. The minimum Gasteiger partial charge on any atom is -0.504 e. The fourth-order valence-electron chi connectivity index (χ4n) is 7.27. The van der Waals surface area contributed by atoms with Crippen molar-refractivity contribution in [1.82, 2.24) is 9.80 Å². The minimum absolute atomic E-state index is 0.0187. The van der Waals surface area contributed by atoms with E-state index in [4.69, 9.17) is 4.74 Å². The molecule has 1 spiro atoms. The molecule has 0 unspecified atom stereocenters. The number of hydrogen-bond acceptors (Lipinski definition) is 5. The first-order valence-corrected chi connectivity index (χ1v) is 12.2. The number of carbonyl (C=O) groups is 1. The number of piperidine rings is 1. The highest BCUT2D eigenvalue weighted by atomic mass is 16.5. The van der Waals surface area contributed by atoms with Crippen LogP contribution in [-0.4, -0.2) is 69.8 Å². The number of carbonyl (C=O) groups excluding carboxylic acids is 1. The lowest BCUT2D eigenvalue weighted by atomic mass is 9.48. The average molecular weight is 441 g/mol. The molecule has 174 valence electrons. The quantitative estimate of drug-likeness (QED) is 0.503. The van der Waals surface area contributed by atoms with E-state index in [2.05, 4.69) is 18.4 Å². The molecule has 2 heterocycles. The van der Waals surface area contributed by atoms with Gasteiger partial charge in [-0.05, 0) is 50.3 Å². The lowest BCUT2D eigenvalue weighted by Gasteiger charge is -2.64. The molecule has 6 nitrogen and oxygen atoms in total. The Kier molecular flexibility index (Phi) is 5.29. The molecule has 2 fully saturated rings. The Morgan fingerprint density at radius 1 is 1.38 bits per heavy atom. The summed E-state index contributed by atoms with van der Waals surface area (Å²) in [6.07, 6.45) is 7.95. The Labute approximate surface area is 190 Å². The third-order valence-electron chi connectivity index (χ3n) is 8.79. The van der Waals surface area contributed by atoms with Crippen LogP contribution in [0.3, 0.4) is 0 Å². The molecule has 0 radical (unpaired) electrons. The summed E-state index contributed by atoms with van der Waals surface area (Å²) in [5.74, 6) is 0.809. The average Bonchev–Trinajstić information content (AvgIpc) is 3.12. The molecule has 5 rings (SSSR count). The van der Waals surface area contributed by atoms with Crippen LogP contribution in [0.1, 0.15) is 63.0 Å². The summed E-state index contributed by atoms with van der Waals surface area (Å²) in [4.78, 5) is 17.3. The summed E-state index contributed by atoms with van der Waals surface area (Å²) in [6.45, 7) is 7.65. The van der Waals surface area contributed by atoms with Crippen molar-refractivity contribution in [2.45, 2.75) is 87.5 Å². The standard InChI is InChI=1S/C26H36N2O4/c1-4-6-7-8-21(30)27(3)18-11-12-26(31)20-16-17-9-10-19(29)23-22(17)25(26,24(18)32-23)13-15-28(20)14-5-2/h5,9-10,18,20,24,29,31H,2,4,6-8,11-16H2,1,3H3/t18-,20-,24+,25+,26-/m1/s1. The molecule has 1 saturated carbocycles. The lowest BCUT2D eigenvalue weighted by Crippen LogP contribution is -2.78. The van der Waals surface area contributed by atoms with E-state index in [0.717, 1.165) is 56.3 Å². The van der Waals surface area contributed by atoms with Crippen LogP contribution in [0.15, 0.2) is 24.8 Å². The van der Waals surface area contributed by atoms with E-state index in [1.165, 1.54) is 0 Å². The van der Waals surface area contributed by atoms with Crippen molar-refractivity contribution in [2.75, 3.05) is 20.1 Å². The van der Waals surface area contributed by atoms with Crippen molar-refractivity contribution in [3.63, 3.8) is 0 Å². The van der Waals surface area contributed by atoms with Gasteiger partial charge in [-0.2, -0.15) is 0 Å². The van der Waals surface area contributed by atoms with Gasteiger partial charge in [0.2, 0.25) is 5.91 Å². The Balaban J connectivity index is 1.57. The molecule has 32 heavy (non-hydrogen) atoms. The van der Waals surface area contributed by atoms with Gasteiger partial charge in [0.15, 0.2) is 11.5 Å². The Morgan fingerprint density at radius 2 is 2.19 bits per heavy atom. The third-order valence-corrected chi connectivity index (χ3v) is 8.79. The van der Waals surface area contributed by atoms with Crippen LogP contribution >= 0.6 is 0 Å². The van der Waals surface area contributed by atoms with Gasteiger partial charge in [0, 0.05) is 31.6 Å². The fraction of sp³-hybridized carbons (Fsp3) is 0.654. The van der Waals surface area contributed by atoms with Crippen LogP contribution in [0.4, 0.5) is 0 Å². The highest BCUT2D eigenvalue weighted by Crippen LogP contribution is 2.65. The first-order chi connectivity index (χ1) is 15.4. The predicted octanol–water partition coefficient (Wildman–Crippen LogP) is 3.14. The van der Waals surface area contributed by atoms with Crippen molar-refractivity contribution < 1.29 is 19.7 Å². The fourth-order valence-corrected chi connectivity index (χ4v) is 7.27. The minimum atomic E-state index is -0.951. The first kappa shape index (κ1) is 21.8. The molecule has 4 aliphatic rings. The van der Waals surface area contributed by atoms with Crippen molar-refractivity contribution in [1.29, 1.82) is 0 Å². The number of phenolic OH excluding ortho intramolecular Hbond substituents is 1. The number of ether oxygens (including phenoxy) is 1. The summed E-state index contributed by atoms with van der Waals surface area (Å²) in [7, 11) is 1.89. The van der Waals surface area contributed by atoms with Gasteiger partial charge in [0.05, 0.1) is 17.1 Å². The lowest BCUT2D eigenvalue weighted by molar-refractivity contribution is -0.198. The maximum absolute atomic E-state index is 13.0. The summed E-state index contributed by atoms with van der Waals surface area (Å²) >= 11 is 0. The van der Waals surface area contributed by atoms with Crippen LogP contribution in [0.5, 0.6) is 11.5 Å². The Morgan fingerprint density at radius 3 is 2.94 bits per heavy atom. The summed E-state index contributed by atoms with van der Waals surface area (Å²) in [6, 6.07) is 3.58. The van der Waals surface area contributed by atoms with Crippen molar-refractivity contribution in [2.24, 2.45) is 0 Å². The third kappa shape index (κ3) is 2.75. The SMILES string of the molecule is C=CCN1CC[C@]23c4c5ccc(O)c4O[C@H]2[C@H](N(C)C(=O)CCCCC)CC[C@@]3(O)[C@H]1C5. The number of rotatable bonds is 7. The molecule has 5 atom stereocenters. The van der Waals surface area contributed by atoms with E-state index in [1.54, 1.807) is 6.07 Å². The highest BCUT2D eigenvalue weighted by Gasteiger charge is 2.73. The van der Waals surface area contributed by atoms with E-state index < -0.39 is 11.0 Å². The summed E-state index contributed by atoms with van der Waals surface area (Å²) in [5.41, 5.74) is 0.600. The largest absolute Gasteiger partial charge is 0.504 e. The molecule has 0 aromatic heterocycles. The smallest absolute Gasteiger partial charge is 0.222 e. The van der Waals surface area contributed by atoms with Gasteiger partial charge in [-0.25, -0.2) is 0 Å². The van der Waals surface area contributed by atoms with E-state index in [1.807, 2.05) is 24.1 Å². The van der Waals surface area contributed by atoms with Crippen LogP contribution in [0, 0.1) is 0 Å². The number of nitrogens with zero attached hydrogens (tertiary/aromatic N) is 2. The molecular weight excluding hydrogens is 404 g/mol. The van der Waals surface area contributed by atoms with Crippen molar-refractivity contribution in [3.05, 3.63) is 35.9 Å². The summed E-state index contributed by atoms with van der Waals surface area (Å²) < 4.78 is 6.54. The first-order valence-electron chi connectivity index (χ1n) is 12.2. The van der Waals surface area contributed by atoms with Gasteiger partial charge in [-0.15, -0.1) is 6.58 Å². The van der Waals surface area contributed by atoms with Gasteiger partial charge >= 0.3 is 0 Å². The number of amides is 1.